The molecule has 0 radical (unpaired) electrons. The van der Waals surface area contributed by atoms with Gasteiger partial charge < -0.3 is 10.1 Å². The van der Waals surface area contributed by atoms with Gasteiger partial charge in [0.05, 0.1) is 23.4 Å². The minimum Gasteiger partial charge on any atom is -0.494 e. The molecule has 0 fully saturated rings. The molecule has 10 nitrogen and oxygen atoms in total. The van der Waals surface area contributed by atoms with Gasteiger partial charge in [0.1, 0.15) is 16.0 Å². The van der Waals surface area contributed by atoms with Gasteiger partial charge in [-0.1, -0.05) is 23.2 Å². The molecule has 13 heteroatoms. The number of nitrogens with zero attached hydrogens (tertiary/aromatic N) is 3. The zero-order valence-electron chi connectivity index (χ0n) is 16.6. The third-order valence-electron chi connectivity index (χ3n) is 3.97. The van der Waals surface area contributed by atoms with Gasteiger partial charge in [-0.05, 0) is 34.1 Å². The van der Waals surface area contributed by atoms with Crippen LogP contribution in [-0.4, -0.2) is 39.6 Å². The molecule has 3 amide bonds. The Hall–Kier alpha value is -3.15. The molecule has 0 aliphatic rings. The number of rotatable bonds is 5. The average molecular weight is 542 g/mol. The van der Waals surface area contributed by atoms with Gasteiger partial charge in [0.2, 0.25) is 5.91 Å². The molecule has 2 heterocycles. The second kappa shape index (κ2) is 9.98. The number of benzene rings is 1. The molecule has 0 bridgehead atoms. The Kier molecular flexibility index (Phi) is 7.33. The Bertz CT molecular complexity index is 1220. The van der Waals surface area contributed by atoms with Crippen LogP contribution in [0.2, 0.25) is 10.0 Å². The summed E-state index contributed by atoms with van der Waals surface area (Å²) < 4.78 is 6.90. The van der Waals surface area contributed by atoms with E-state index in [9.17, 15) is 14.4 Å². The van der Waals surface area contributed by atoms with Gasteiger partial charge in [0.15, 0.2) is 5.82 Å². The van der Waals surface area contributed by atoms with Crippen molar-refractivity contribution < 1.29 is 19.1 Å². The van der Waals surface area contributed by atoms with Crippen LogP contribution in [0, 0.1) is 0 Å². The second-order valence-corrected chi connectivity index (χ2v) is 7.85. The highest BCUT2D eigenvalue weighted by molar-refractivity contribution is 9.10. The molecule has 0 saturated heterocycles. The van der Waals surface area contributed by atoms with Crippen LogP contribution < -0.4 is 20.9 Å². The molecule has 166 valence electrons. The molecule has 32 heavy (non-hydrogen) atoms. The van der Waals surface area contributed by atoms with Gasteiger partial charge in [0, 0.05) is 30.3 Å². The number of pyridine rings is 1. The summed E-state index contributed by atoms with van der Waals surface area (Å²) in [7, 11) is 1.35. The number of hydrogen-bond donors (Lipinski definition) is 3. The largest absolute Gasteiger partial charge is 0.494 e. The number of hydrogen-bond acceptors (Lipinski definition) is 6. The van der Waals surface area contributed by atoms with Gasteiger partial charge in [0.25, 0.3) is 11.8 Å². The minimum atomic E-state index is -0.723. The fourth-order valence-electron chi connectivity index (χ4n) is 2.65. The number of amides is 3. The van der Waals surface area contributed by atoms with Crippen molar-refractivity contribution in [1.82, 2.24) is 25.6 Å². The second-order valence-electron chi connectivity index (χ2n) is 6.19. The molecular weight excluding hydrogens is 527 g/mol. The summed E-state index contributed by atoms with van der Waals surface area (Å²) in [5, 5.41) is 7.31. The predicted octanol–water partition coefficient (Wildman–Crippen LogP) is 3.38. The van der Waals surface area contributed by atoms with Crippen LogP contribution in [0.25, 0.3) is 5.82 Å². The van der Waals surface area contributed by atoms with Crippen LogP contribution in [0.3, 0.4) is 0 Å². The lowest BCUT2D eigenvalue weighted by molar-refractivity contribution is -0.119. The summed E-state index contributed by atoms with van der Waals surface area (Å²) in [5.74, 6) is -1.49. The van der Waals surface area contributed by atoms with Crippen molar-refractivity contribution >= 4 is 62.5 Å². The molecule has 3 aromatic rings. The van der Waals surface area contributed by atoms with Crippen LogP contribution in [0.5, 0.6) is 5.75 Å². The maximum absolute atomic E-state index is 13.2. The van der Waals surface area contributed by atoms with E-state index in [1.54, 1.807) is 12.1 Å². The normalized spacial score (nSPS) is 10.4. The number of ether oxygens (including phenoxy) is 1. The van der Waals surface area contributed by atoms with Crippen molar-refractivity contribution in [3.8, 4) is 11.6 Å². The summed E-state index contributed by atoms with van der Waals surface area (Å²) in [6.07, 6.45) is 1.51. The van der Waals surface area contributed by atoms with Crippen LogP contribution in [-0.2, 0) is 4.79 Å². The van der Waals surface area contributed by atoms with Crippen LogP contribution >= 0.6 is 39.1 Å². The average Bonchev–Trinajstić information content (AvgIpc) is 3.14. The summed E-state index contributed by atoms with van der Waals surface area (Å²) in [5.41, 5.74) is 4.45. The quantitative estimate of drug-likeness (QED) is 0.425. The van der Waals surface area contributed by atoms with Gasteiger partial charge in [-0.2, -0.15) is 5.10 Å². The molecule has 0 aliphatic heterocycles. The Morgan fingerprint density at radius 3 is 2.53 bits per heavy atom. The number of carbonyl (C=O) groups excluding carboxylic acids is 3. The molecule has 0 saturated carbocycles. The summed E-state index contributed by atoms with van der Waals surface area (Å²) in [6.45, 7) is 1.23. The first-order chi connectivity index (χ1) is 15.2. The monoisotopic (exact) mass is 540 g/mol. The molecule has 3 rings (SSSR count). The van der Waals surface area contributed by atoms with E-state index in [0.717, 1.165) is 0 Å². The number of anilines is 1. The molecule has 0 spiro atoms. The van der Waals surface area contributed by atoms with Crippen molar-refractivity contribution in [2.45, 2.75) is 6.92 Å². The Balaban J connectivity index is 2.03. The maximum atomic E-state index is 13.2. The van der Waals surface area contributed by atoms with E-state index in [2.05, 4.69) is 42.2 Å². The molecule has 0 aliphatic carbocycles. The summed E-state index contributed by atoms with van der Waals surface area (Å²) in [6, 6.07) is 7.45. The van der Waals surface area contributed by atoms with E-state index in [0.29, 0.717) is 4.60 Å². The Labute approximate surface area is 200 Å². The van der Waals surface area contributed by atoms with E-state index in [1.807, 2.05) is 0 Å². The first-order valence-electron chi connectivity index (χ1n) is 8.83. The topological polar surface area (TPSA) is 127 Å². The lowest BCUT2D eigenvalue weighted by Gasteiger charge is -2.16. The van der Waals surface area contributed by atoms with Crippen molar-refractivity contribution in [3.05, 3.63) is 62.4 Å². The van der Waals surface area contributed by atoms with Crippen molar-refractivity contribution in [2.75, 3.05) is 12.4 Å². The highest BCUT2D eigenvalue weighted by Gasteiger charge is 2.24. The number of methoxy groups -OCH3 is 1. The zero-order chi connectivity index (χ0) is 23.4. The number of halogens is 3. The third kappa shape index (κ3) is 5.18. The van der Waals surface area contributed by atoms with Gasteiger partial charge >= 0.3 is 0 Å². The predicted molar refractivity (Wildman–Crippen MR) is 121 cm³/mol. The minimum absolute atomic E-state index is 0.0285. The van der Waals surface area contributed by atoms with Gasteiger partial charge in [-0.3, -0.25) is 25.2 Å². The van der Waals surface area contributed by atoms with Crippen molar-refractivity contribution in [3.63, 3.8) is 0 Å². The molecular formula is C19H15BrCl2N6O4. The van der Waals surface area contributed by atoms with Crippen LogP contribution in [0.4, 0.5) is 5.69 Å². The first kappa shape index (κ1) is 23.5. The van der Waals surface area contributed by atoms with E-state index in [-0.39, 0.29) is 38.6 Å². The summed E-state index contributed by atoms with van der Waals surface area (Å²) >= 11 is 15.5. The van der Waals surface area contributed by atoms with E-state index in [4.69, 9.17) is 27.9 Å². The third-order valence-corrected chi connectivity index (χ3v) is 4.87. The van der Waals surface area contributed by atoms with Crippen molar-refractivity contribution in [1.29, 1.82) is 0 Å². The Morgan fingerprint density at radius 2 is 1.88 bits per heavy atom. The van der Waals surface area contributed by atoms with E-state index in [1.165, 1.54) is 43.1 Å². The summed E-state index contributed by atoms with van der Waals surface area (Å²) in [4.78, 5) is 41.1. The van der Waals surface area contributed by atoms with E-state index >= 15 is 0 Å². The maximum Gasteiger partial charge on any atom is 0.274 e. The van der Waals surface area contributed by atoms with Crippen LogP contribution in [0.15, 0.2) is 41.1 Å². The SMILES string of the molecule is COc1cc(Cl)cc(C(=O)NNC(C)=O)c1NC(=O)c1cc(Br)nn1-c1ncccc1Cl. The lowest BCUT2D eigenvalue weighted by Crippen LogP contribution is -2.40. The molecule has 2 aromatic heterocycles. The lowest BCUT2D eigenvalue weighted by atomic mass is 10.1. The molecule has 3 N–H and O–H groups in total. The Morgan fingerprint density at radius 1 is 1.12 bits per heavy atom. The fraction of sp³-hybridized carbons (Fsp3) is 0.105. The molecule has 0 atom stereocenters. The van der Waals surface area contributed by atoms with E-state index < -0.39 is 17.7 Å². The van der Waals surface area contributed by atoms with Crippen molar-refractivity contribution in [2.24, 2.45) is 0 Å². The smallest absolute Gasteiger partial charge is 0.274 e. The number of hydrazine groups is 1. The highest BCUT2D eigenvalue weighted by Crippen LogP contribution is 2.33. The zero-order valence-corrected chi connectivity index (χ0v) is 19.7. The molecule has 1 aromatic carbocycles. The number of nitrogens with one attached hydrogen (secondary N) is 3. The fourth-order valence-corrected chi connectivity index (χ4v) is 3.43. The molecule has 0 unspecified atom stereocenters. The van der Waals surface area contributed by atoms with Gasteiger partial charge in [-0.25, -0.2) is 9.67 Å². The highest BCUT2D eigenvalue weighted by atomic mass is 79.9. The standard InChI is InChI=1S/C19H15BrCl2N6O4/c1-9(29)25-26-18(30)11-6-10(21)7-14(32-2)16(11)24-19(31)13-8-15(20)27-28(13)17-12(22)4-3-5-23-17/h3-8H,1-2H3,(H,24,31)(H,25,29)(H,26,30). The first-order valence-corrected chi connectivity index (χ1v) is 10.4. The number of aromatic nitrogens is 3. The van der Waals surface area contributed by atoms with Gasteiger partial charge in [-0.15, -0.1) is 0 Å². The number of carbonyl (C=O) groups is 3. The van der Waals surface area contributed by atoms with Crippen LogP contribution in [0.1, 0.15) is 27.8 Å².